The van der Waals surface area contributed by atoms with Crippen LogP contribution >= 0.6 is 0 Å². The van der Waals surface area contributed by atoms with Crippen molar-refractivity contribution in [2.24, 2.45) is 0 Å². The molecule has 0 aromatic carbocycles. The first-order valence-electron chi connectivity index (χ1n) is 5.97. The normalized spacial score (nSPS) is 13.3. The van der Waals surface area contributed by atoms with Crippen molar-refractivity contribution >= 4 is 0 Å². The number of imidazole rings is 1. The van der Waals surface area contributed by atoms with Gasteiger partial charge in [-0.15, -0.1) is 0 Å². The Balaban J connectivity index is 2.46. The molecule has 1 aromatic rings. The molecule has 1 N–H and O–H groups in total. The van der Waals surface area contributed by atoms with E-state index in [4.69, 9.17) is 5.11 Å². The molecule has 0 aliphatic rings. The van der Waals surface area contributed by atoms with Crippen molar-refractivity contribution in [3.8, 4) is 0 Å². The number of hydrogen-bond donors (Lipinski definition) is 1. The van der Waals surface area contributed by atoms with Crippen molar-refractivity contribution in [1.82, 2.24) is 9.13 Å². The smallest absolute Gasteiger partial charge is 0.328 e. The SMILES string of the molecule is CC(O)CCCCn1ccn(C(C)C)c1=O. The second kappa shape index (κ2) is 5.89. The van der Waals surface area contributed by atoms with Gasteiger partial charge in [-0.3, -0.25) is 9.13 Å². The molecule has 0 fully saturated rings. The summed E-state index contributed by atoms with van der Waals surface area (Å²) in [6.07, 6.45) is 6.13. The molecule has 92 valence electrons. The summed E-state index contributed by atoms with van der Waals surface area (Å²) in [6.45, 7) is 6.53. The maximum atomic E-state index is 11.8. The highest BCUT2D eigenvalue weighted by Crippen LogP contribution is 2.03. The quantitative estimate of drug-likeness (QED) is 0.752. The zero-order valence-electron chi connectivity index (χ0n) is 10.4. The fourth-order valence-electron chi connectivity index (χ4n) is 1.71. The first-order chi connectivity index (χ1) is 7.52. The van der Waals surface area contributed by atoms with Crippen molar-refractivity contribution in [1.29, 1.82) is 0 Å². The summed E-state index contributed by atoms with van der Waals surface area (Å²) in [5, 5.41) is 9.11. The minimum absolute atomic E-state index is 0.0621. The van der Waals surface area contributed by atoms with Crippen LogP contribution in [0.1, 0.15) is 46.1 Å². The molecule has 0 bridgehead atoms. The third-order valence-corrected chi connectivity index (χ3v) is 2.70. The minimum Gasteiger partial charge on any atom is -0.393 e. The second-order valence-electron chi connectivity index (χ2n) is 4.62. The van der Waals surface area contributed by atoms with E-state index in [1.165, 1.54) is 0 Å². The molecule has 0 amide bonds. The number of nitrogens with zero attached hydrogens (tertiary/aromatic N) is 2. The Morgan fingerprint density at radius 2 is 1.94 bits per heavy atom. The Hall–Kier alpha value is -1.03. The van der Waals surface area contributed by atoms with Gasteiger partial charge in [0.05, 0.1) is 6.10 Å². The summed E-state index contributed by atoms with van der Waals surface area (Å²) in [7, 11) is 0. The lowest BCUT2D eigenvalue weighted by Gasteiger charge is -2.05. The van der Waals surface area contributed by atoms with E-state index in [9.17, 15) is 4.79 Å². The largest absolute Gasteiger partial charge is 0.393 e. The predicted octanol–water partition coefficient (Wildman–Crippen LogP) is 1.78. The van der Waals surface area contributed by atoms with Crippen molar-refractivity contribution in [2.75, 3.05) is 0 Å². The molecule has 4 nitrogen and oxygen atoms in total. The van der Waals surface area contributed by atoms with Crippen LogP contribution in [0.5, 0.6) is 0 Å². The zero-order valence-corrected chi connectivity index (χ0v) is 10.4. The van der Waals surface area contributed by atoms with Gasteiger partial charge in [0.1, 0.15) is 0 Å². The van der Waals surface area contributed by atoms with Crippen LogP contribution in [0.3, 0.4) is 0 Å². The second-order valence-corrected chi connectivity index (χ2v) is 4.62. The number of aliphatic hydroxyl groups excluding tert-OH is 1. The third kappa shape index (κ3) is 3.52. The lowest BCUT2D eigenvalue weighted by atomic mass is 10.2. The van der Waals surface area contributed by atoms with E-state index < -0.39 is 0 Å². The summed E-state index contributed by atoms with van der Waals surface area (Å²) in [4.78, 5) is 11.8. The van der Waals surface area contributed by atoms with Crippen molar-refractivity contribution < 1.29 is 5.11 Å². The van der Waals surface area contributed by atoms with Crippen LogP contribution in [-0.2, 0) is 6.54 Å². The highest BCUT2D eigenvalue weighted by molar-refractivity contribution is 4.83. The van der Waals surface area contributed by atoms with Gasteiger partial charge in [0, 0.05) is 25.0 Å². The van der Waals surface area contributed by atoms with E-state index in [2.05, 4.69) is 0 Å². The monoisotopic (exact) mass is 226 g/mol. The molecular weight excluding hydrogens is 204 g/mol. The number of unbranched alkanes of at least 4 members (excludes halogenated alkanes) is 1. The summed E-state index contributed by atoms with van der Waals surface area (Å²) in [6, 6.07) is 0.214. The molecule has 0 aliphatic heterocycles. The van der Waals surface area contributed by atoms with Gasteiger partial charge in [0.25, 0.3) is 0 Å². The molecule has 0 spiro atoms. The van der Waals surface area contributed by atoms with Gasteiger partial charge in [-0.2, -0.15) is 0 Å². The average molecular weight is 226 g/mol. The van der Waals surface area contributed by atoms with Crippen LogP contribution in [0.2, 0.25) is 0 Å². The molecule has 1 unspecified atom stereocenters. The highest BCUT2D eigenvalue weighted by Gasteiger charge is 2.05. The molecular formula is C12H22N2O2. The van der Waals surface area contributed by atoms with Crippen LogP contribution < -0.4 is 5.69 Å². The number of hydrogen-bond acceptors (Lipinski definition) is 2. The molecule has 4 heteroatoms. The van der Waals surface area contributed by atoms with Crippen LogP contribution in [0.4, 0.5) is 0 Å². The van der Waals surface area contributed by atoms with Gasteiger partial charge < -0.3 is 5.11 Å². The molecule has 1 atom stereocenters. The van der Waals surface area contributed by atoms with E-state index >= 15 is 0 Å². The Morgan fingerprint density at radius 3 is 2.44 bits per heavy atom. The number of aromatic nitrogens is 2. The topological polar surface area (TPSA) is 47.2 Å². The predicted molar refractivity (Wildman–Crippen MR) is 64.6 cm³/mol. The van der Waals surface area contributed by atoms with Crippen LogP contribution in [0, 0.1) is 0 Å². The van der Waals surface area contributed by atoms with E-state index in [0.717, 1.165) is 25.8 Å². The molecule has 0 saturated carbocycles. The fraction of sp³-hybridized carbons (Fsp3) is 0.750. The Kier molecular flexibility index (Phi) is 4.80. The van der Waals surface area contributed by atoms with Crippen LogP contribution in [0.15, 0.2) is 17.2 Å². The van der Waals surface area contributed by atoms with Crippen LogP contribution in [0.25, 0.3) is 0 Å². The maximum Gasteiger partial charge on any atom is 0.328 e. The summed E-state index contributed by atoms with van der Waals surface area (Å²) >= 11 is 0. The average Bonchev–Trinajstić information content (AvgIpc) is 2.54. The van der Waals surface area contributed by atoms with Gasteiger partial charge in [-0.25, -0.2) is 4.79 Å². The van der Waals surface area contributed by atoms with E-state index in [0.29, 0.717) is 0 Å². The standard InChI is InChI=1S/C12H22N2O2/c1-10(2)14-9-8-13(12(14)16)7-5-4-6-11(3)15/h8-11,15H,4-7H2,1-3H3. The number of aliphatic hydroxyl groups is 1. The van der Waals surface area contributed by atoms with E-state index in [1.807, 2.05) is 26.2 Å². The molecule has 1 heterocycles. The molecule has 0 aliphatic carbocycles. The lowest BCUT2D eigenvalue weighted by molar-refractivity contribution is 0.180. The minimum atomic E-state index is -0.239. The first-order valence-corrected chi connectivity index (χ1v) is 5.97. The zero-order chi connectivity index (χ0) is 12.1. The first kappa shape index (κ1) is 13.0. The third-order valence-electron chi connectivity index (χ3n) is 2.70. The molecule has 16 heavy (non-hydrogen) atoms. The van der Waals surface area contributed by atoms with Gasteiger partial charge in [0.2, 0.25) is 0 Å². The van der Waals surface area contributed by atoms with Gasteiger partial charge in [-0.05, 0) is 40.0 Å². The fourth-order valence-corrected chi connectivity index (χ4v) is 1.71. The number of aryl methyl sites for hydroxylation is 1. The van der Waals surface area contributed by atoms with Gasteiger partial charge >= 0.3 is 5.69 Å². The van der Waals surface area contributed by atoms with Crippen molar-refractivity contribution in [3.05, 3.63) is 22.9 Å². The van der Waals surface area contributed by atoms with Crippen LogP contribution in [-0.4, -0.2) is 20.3 Å². The Morgan fingerprint density at radius 1 is 1.25 bits per heavy atom. The molecule has 1 aromatic heterocycles. The lowest BCUT2D eigenvalue weighted by Crippen LogP contribution is -2.25. The van der Waals surface area contributed by atoms with E-state index in [-0.39, 0.29) is 17.8 Å². The van der Waals surface area contributed by atoms with Crippen molar-refractivity contribution in [3.63, 3.8) is 0 Å². The Bertz CT molecular complexity index is 363. The van der Waals surface area contributed by atoms with Gasteiger partial charge in [-0.1, -0.05) is 0 Å². The summed E-state index contributed by atoms with van der Waals surface area (Å²) < 4.78 is 3.47. The van der Waals surface area contributed by atoms with Crippen molar-refractivity contribution in [2.45, 2.75) is 58.7 Å². The summed E-state index contributed by atoms with van der Waals surface area (Å²) in [5.74, 6) is 0. The molecule has 1 rings (SSSR count). The van der Waals surface area contributed by atoms with Gasteiger partial charge in [0.15, 0.2) is 0 Å². The Labute approximate surface area is 96.5 Å². The number of rotatable bonds is 6. The summed E-state index contributed by atoms with van der Waals surface area (Å²) in [5.41, 5.74) is 0.0621. The highest BCUT2D eigenvalue weighted by atomic mass is 16.3. The molecule has 0 radical (unpaired) electrons. The van der Waals surface area contributed by atoms with E-state index in [1.54, 1.807) is 16.1 Å². The molecule has 0 saturated heterocycles. The maximum absolute atomic E-state index is 11.8.